The summed E-state index contributed by atoms with van der Waals surface area (Å²) in [5.74, 6) is -1.55. The molecule has 0 saturated carbocycles. The van der Waals surface area contributed by atoms with Crippen molar-refractivity contribution in [3.05, 3.63) is 59.7 Å². The van der Waals surface area contributed by atoms with Gasteiger partial charge in [-0.05, 0) is 42.0 Å². The monoisotopic (exact) mass is 480 g/mol. The molecule has 2 aliphatic rings. The van der Waals surface area contributed by atoms with Crippen LogP contribution in [0.25, 0.3) is 11.1 Å². The number of fused-ring (bicyclic) bond motifs is 3. The van der Waals surface area contributed by atoms with Gasteiger partial charge in [0.05, 0.1) is 5.41 Å². The second kappa shape index (κ2) is 10.5. The fourth-order valence-electron chi connectivity index (χ4n) is 4.73. The van der Waals surface area contributed by atoms with Gasteiger partial charge in [-0.3, -0.25) is 9.59 Å². The summed E-state index contributed by atoms with van der Waals surface area (Å²) in [6.45, 7) is 4.24. The normalized spacial score (nSPS) is 20.4. The van der Waals surface area contributed by atoms with Crippen molar-refractivity contribution in [2.75, 3.05) is 26.3 Å². The number of hydrogen-bond donors (Lipinski definition) is 3. The van der Waals surface area contributed by atoms with Crippen LogP contribution in [0.2, 0.25) is 0 Å². The summed E-state index contributed by atoms with van der Waals surface area (Å²) in [7, 11) is 0. The van der Waals surface area contributed by atoms with Crippen LogP contribution >= 0.6 is 0 Å². The van der Waals surface area contributed by atoms with E-state index in [-0.39, 0.29) is 37.4 Å². The molecule has 8 heteroatoms. The predicted octanol–water partition coefficient (Wildman–Crippen LogP) is 3.55. The van der Waals surface area contributed by atoms with Crippen LogP contribution in [-0.2, 0) is 19.1 Å². The highest BCUT2D eigenvalue weighted by molar-refractivity contribution is 5.83. The standard InChI is InChI=1S/C27H32N2O6/c1-3-27(2,25(31)32)16-29-24(30)23-17(12-13-34-23)14-28-26(33)35-15-22-20-10-6-4-8-18(20)19-9-5-7-11-21(19)22/h4-11,17,22-23H,3,12-16H2,1-2H3,(H,28,33)(H,29,30)(H,31,32)/t17-,23-,27?/m0/s1. The van der Waals surface area contributed by atoms with E-state index in [4.69, 9.17) is 9.47 Å². The first kappa shape index (κ1) is 24.7. The smallest absolute Gasteiger partial charge is 0.407 e. The van der Waals surface area contributed by atoms with Crippen molar-refractivity contribution in [2.24, 2.45) is 11.3 Å². The fraction of sp³-hybridized carbons (Fsp3) is 0.444. The van der Waals surface area contributed by atoms with Crippen molar-refractivity contribution in [3.63, 3.8) is 0 Å². The highest BCUT2D eigenvalue weighted by Crippen LogP contribution is 2.44. The van der Waals surface area contributed by atoms with Crippen LogP contribution in [-0.4, -0.2) is 55.5 Å². The van der Waals surface area contributed by atoms with Crippen LogP contribution in [0.15, 0.2) is 48.5 Å². The molecule has 8 nitrogen and oxygen atoms in total. The fourth-order valence-corrected chi connectivity index (χ4v) is 4.73. The highest BCUT2D eigenvalue weighted by atomic mass is 16.5. The first-order valence-corrected chi connectivity index (χ1v) is 12.1. The van der Waals surface area contributed by atoms with E-state index in [1.54, 1.807) is 13.8 Å². The quantitative estimate of drug-likeness (QED) is 0.506. The minimum atomic E-state index is -1.04. The maximum absolute atomic E-state index is 12.6. The zero-order valence-corrected chi connectivity index (χ0v) is 20.1. The number of carboxylic acid groups (broad SMARTS) is 1. The summed E-state index contributed by atoms with van der Waals surface area (Å²) in [5.41, 5.74) is 3.57. The summed E-state index contributed by atoms with van der Waals surface area (Å²) in [4.78, 5) is 36.6. The zero-order valence-electron chi connectivity index (χ0n) is 20.1. The van der Waals surface area contributed by atoms with Crippen molar-refractivity contribution in [1.29, 1.82) is 0 Å². The third-order valence-electron chi connectivity index (χ3n) is 7.27. The number of rotatable bonds is 9. The molecular weight excluding hydrogens is 448 g/mol. The van der Waals surface area contributed by atoms with E-state index in [1.807, 2.05) is 24.3 Å². The van der Waals surface area contributed by atoms with E-state index >= 15 is 0 Å². The number of alkyl carbamates (subject to hydrolysis) is 1. The van der Waals surface area contributed by atoms with Gasteiger partial charge in [-0.2, -0.15) is 0 Å². The molecule has 0 aromatic heterocycles. The Morgan fingerprint density at radius 2 is 1.69 bits per heavy atom. The van der Waals surface area contributed by atoms with Crippen molar-refractivity contribution >= 4 is 18.0 Å². The predicted molar refractivity (Wildman–Crippen MR) is 130 cm³/mol. The van der Waals surface area contributed by atoms with E-state index in [2.05, 4.69) is 34.9 Å². The Balaban J connectivity index is 1.29. The van der Waals surface area contributed by atoms with Gasteiger partial charge in [0.15, 0.2) is 0 Å². The minimum Gasteiger partial charge on any atom is -0.481 e. The van der Waals surface area contributed by atoms with Crippen LogP contribution in [0.1, 0.15) is 43.7 Å². The molecule has 0 spiro atoms. The van der Waals surface area contributed by atoms with E-state index < -0.39 is 23.6 Å². The van der Waals surface area contributed by atoms with Gasteiger partial charge in [-0.25, -0.2) is 4.79 Å². The van der Waals surface area contributed by atoms with Gasteiger partial charge in [0, 0.05) is 31.5 Å². The molecule has 4 rings (SSSR count). The van der Waals surface area contributed by atoms with Crippen molar-refractivity contribution in [2.45, 2.75) is 38.7 Å². The second-order valence-electron chi connectivity index (χ2n) is 9.48. The summed E-state index contributed by atoms with van der Waals surface area (Å²) < 4.78 is 11.2. The van der Waals surface area contributed by atoms with Crippen LogP contribution < -0.4 is 10.6 Å². The number of amides is 2. The molecule has 35 heavy (non-hydrogen) atoms. The summed E-state index contributed by atoms with van der Waals surface area (Å²) in [5, 5.41) is 14.9. The molecule has 186 valence electrons. The van der Waals surface area contributed by atoms with Crippen LogP contribution in [0.4, 0.5) is 4.79 Å². The Kier molecular flexibility index (Phi) is 7.40. The Morgan fingerprint density at radius 3 is 2.29 bits per heavy atom. The maximum Gasteiger partial charge on any atom is 0.407 e. The van der Waals surface area contributed by atoms with E-state index in [0.29, 0.717) is 19.4 Å². The number of carboxylic acids is 1. The molecule has 0 radical (unpaired) electrons. The SMILES string of the molecule is CCC(C)(CNC(=O)[C@H]1OCC[C@H]1CNC(=O)OCC1c2ccccc2-c2ccccc21)C(=O)O. The van der Waals surface area contributed by atoms with E-state index in [9.17, 15) is 19.5 Å². The topological polar surface area (TPSA) is 114 Å². The lowest BCUT2D eigenvalue weighted by atomic mass is 9.87. The van der Waals surface area contributed by atoms with Crippen molar-refractivity contribution < 1.29 is 29.0 Å². The van der Waals surface area contributed by atoms with Gasteiger partial charge >= 0.3 is 12.1 Å². The van der Waals surface area contributed by atoms with E-state index in [1.165, 1.54) is 0 Å². The van der Waals surface area contributed by atoms with Crippen molar-refractivity contribution in [3.8, 4) is 11.1 Å². The van der Waals surface area contributed by atoms with Crippen LogP contribution in [0.3, 0.4) is 0 Å². The molecular formula is C27H32N2O6. The Labute approximate surface area is 205 Å². The average Bonchev–Trinajstić information content (AvgIpc) is 3.47. The van der Waals surface area contributed by atoms with Crippen LogP contribution in [0, 0.1) is 11.3 Å². The number of hydrogen-bond acceptors (Lipinski definition) is 5. The summed E-state index contributed by atoms with van der Waals surface area (Å²) in [6.07, 6.45) is -0.270. The summed E-state index contributed by atoms with van der Waals surface area (Å²) >= 11 is 0. The van der Waals surface area contributed by atoms with Gasteiger partial charge < -0.3 is 25.2 Å². The molecule has 2 amide bonds. The Bertz CT molecular complexity index is 1060. The second-order valence-corrected chi connectivity index (χ2v) is 9.48. The third-order valence-corrected chi connectivity index (χ3v) is 7.27. The molecule has 1 fully saturated rings. The molecule has 2 aromatic carbocycles. The maximum atomic E-state index is 12.6. The molecule has 3 atom stereocenters. The molecule has 1 aliphatic heterocycles. The Hall–Kier alpha value is -3.39. The zero-order chi connectivity index (χ0) is 25.0. The molecule has 3 N–H and O–H groups in total. The molecule has 0 bridgehead atoms. The lowest BCUT2D eigenvalue weighted by Crippen LogP contribution is -2.47. The third kappa shape index (κ3) is 5.17. The minimum absolute atomic E-state index is 0.0179. The molecule has 1 heterocycles. The highest BCUT2D eigenvalue weighted by Gasteiger charge is 2.37. The van der Waals surface area contributed by atoms with Crippen molar-refractivity contribution in [1.82, 2.24) is 10.6 Å². The lowest BCUT2D eigenvalue weighted by Gasteiger charge is -2.25. The first-order chi connectivity index (χ1) is 16.8. The number of benzene rings is 2. The van der Waals surface area contributed by atoms with Gasteiger partial charge in [0.2, 0.25) is 5.91 Å². The molecule has 1 unspecified atom stereocenters. The van der Waals surface area contributed by atoms with Gasteiger partial charge in [0.1, 0.15) is 12.7 Å². The first-order valence-electron chi connectivity index (χ1n) is 12.1. The number of carbonyl (C=O) groups excluding carboxylic acids is 2. The van der Waals surface area contributed by atoms with Gasteiger partial charge in [0.25, 0.3) is 0 Å². The molecule has 2 aromatic rings. The average molecular weight is 481 g/mol. The number of nitrogens with one attached hydrogen (secondary N) is 2. The molecule has 1 saturated heterocycles. The number of aliphatic carboxylic acids is 1. The Morgan fingerprint density at radius 1 is 1.06 bits per heavy atom. The number of ether oxygens (including phenoxy) is 2. The summed E-state index contributed by atoms with van der Waals surface area (Å²) in [6, 6.07) is 16.3. The lowest BCUT2D eigenvalue weighted by molar-refractivity contribution is -0.148. The van der Waals surface area contributed by atoms with E-state index in [0.717, 1.165) is 22.3 Å². The van der Waals surface area contributed by atoms with Gasteiger partial charge in [-0.15, -0.1) is 0 Å². The van der Waals surface area contributed by atoms with Gasteiger partial charge in [-0.1, -0.05) is 55.5 Å². The molecule has 1 aliphatic carbocycles. The largest absolute Gasteiger partial charge is 0.481 e. The number of carbonyl (C=O) groups is 3. The van der Waals surface area contributed by atoms with Crippen LogP contribution in [0.5, 0.6) is 0 Å².